The van der Waals surface area contributed by atoms with E-state index in [2.05, 4.69) is 27.7 Å². The summed E-state index contributed by atoms with van der Waals surface area (Å²) in [6.07, 6.45) is -0.585. The third-order valence-corrected chi connectivity index (χ3v) is 0.830. The van der Waals surface area contributed by atoms with Crippen molar-refractivity contribution >= 4 is 5.97 Å². The fourth-order valence-electron chi connectivity index (χ4n) is 0.440. The molecule has 0 bridgehead atoms. The first kappa shape index (κ1) is 14.6. The summed E-state index contributed by atoms with van der Waals surface area (Å²) in [4.78, 5) is 11.3. The normalized spacial score (nSPS) is 11.5. The molecule has 0 spiro atoms. The molecule has 2 N–H and O–H groups in total. The van der Waals surface area contributed by atoms with E-state index in [-0.39, 0.29) is 12.0 Å². The summed E-state index contributed by atoms with van der Waals surface area (Å²) in [5, 5.41) is 18.5. The number of carboxylic acid groups (broad SMARTS) is 1. The summed E-state index contributed by atoms with van der Waals surface area (Å²) < 4.78 is 0. The molecule has 4 heteroatoms. The standard InChI is InChI=1S/C6H10O3.C3H9N/c1-4(6(8)9)3-5(2)7;1-4(2)3/h5,7H,1,3H2,2H3,(H,8,9);1-3H3. The average molecular weight is 189 g/mol. The van der Waals surface area contributed by atoms with Crippen LogP contribution < -0.4 is 10.0 Å². The topological polar surface area (TPSA) is 64.8 Å². The van der Waals surface area contributed by atoms with Crippen molar-refractivity contribution in [3.05, 3.63) is 12.2 Å². The molecule has 0 aliphatic heterocycles. The van der Waals surface area contributed by atoms with Gasteiger partial charge in [0.05, 0.1) is 33.2 Å². The molecule has 0 saturated carbocycles. The zero-order valence-corrected chi connectivity index (χ0v) is 8.76. The zero-order chi connectivity index (χ0) is 11.0. The maximum Gasteiger partial charge on any atom is 0.0669 e. The highest BCUT2D eigenvalue weighted by Crippen LogP contribution is 1.99. The van der Waals surface area contributed by atoms with Crippen LogP contribution in [0.4, 0.5) is 0 Å². The number of carboxylic acids is 1. The van der Waals surface area contributed by atoms with E-state index in [1.165, 1.54) is 11.8 Å². The minimum atomic E-state index is -1.30. The van der Waals surface area contributed by atoms with Crippen LogP contribution in [0.3, 0.4) is 0 Å². The Kier molecular flexibility index (Phi) is 8.74. The molecule has 1 unspecified atom stereocenters. The van der Waals surface area contributed by atoms with Gasteiger partial charge in [-0.05, 0) is 18.9 Å². The molecule has 0 saturated heterocycles. The monoisotopic (exact) mass is 189 g/mol. The smallest absolute Gasteiger partial charge is 0.0669 e. The highest BCUT2D eigenvalue weighted by molar-refractivity contribution is 5.83. The Morgan fingerprint density at radius 2 is 1.85 bits per heavy atom. The first-order valence-corrected chi connectivity index (χ1v) is 4.11. The van der Waals surface area contributed by atoms with Crippen LogP contribution in [0.2, 0.25) is 0 Å². The lowest BCUT2D eigenvalue weighted by Crippen LogP contribution is -3.02. The van der Waals surface area contributed by atoms with E-state index in [0.29, 0.717) is 0 Å². The number of quaternary nitrogens is 1. The molecular weight excluding hydrogens is 170 g/mol. The number of rotatable bonds is 3. The number of carbonyl (C=O) groups is 1. The summed E-state index contributed by atoms with van der Waals surface area (Å²) in [6, 6.07) is 0. The molecule has 0 fully saturated rings. The quantitative estimate of drug-likeness (QED) is 0.496. The van der Waals surface area contributed by atoms with E-state index in [1.54, 1.807) is 0 Å². The number of carbonyl (C=O) groups excluding carboxylic acids is 1. The molecule has 0 radical (unpaired) electrons. The zero-order valence-electron chi connectivity index (χ0n) is 8.76. The van der Waals surface area contributed by atoms with Crippen LogP contribution in [0.25, 0.3) is 0 Å². The summed E-state index contributed by atoms with van der Waals surface area (Å²) in [5.41, 5.74) is -0.0648. The lowest BCUT2D eigenvalue weighted by Gasteiger charge is -2.07. The van der Waals surface area contributed by atoms with Gasteiger partial charge in [-0.25, -0.2) is 0 Å². The maximum absolute atomic E-state index is 9.91. The summed E-state index contributed by atoms with van der Waals surface area (Å²) in [5.74, 6) is -1.30. The summed E-state index contributed by atoms with van der Waals surface area (Å²) in [7, 11) is 6.25. The van der Waals surface area contributed by atoms with E-state index in [4.69, 9.17) is 5.11 Å². The predicted octanol–water partition coefficient (Wildman–Crippen LogP) is -2.18. The molecule has 13 heavy (non-hydrogen) atoms. The van der Waals surface area contributed by atoms with Gasteiger partial charge in [0.1, 0.15) is 0 Å². The number of hydrogen-bond donors (Lipinski definition) is 2. The largest absolute Gasteiger partial charge is 0.545 e. The van der Waals surface area contributed by atoms with Gasteiger partial charge in [-0.15, -0.1) is 0 Å². The average Bonchev–Trinajstić information content (AvgIpc) is 1.83. The van der Waals surface area contributed by atoms with Crippen molar-refractivity contribution < 1.29 is 19.9 Å². The number of nitrogens with one attached hydrogen (secondary N) is 1. The molecule has 78 valence electrons. The van der Waals surface area contributed by atoms with Gasteiger partial charge < -0.3 is 19.9 Å². The molecule has 1 atom stereocenters. The molecule has 0 amide bonds. The van der Waals surface area contributed by atoms with E-state index in [9.17, 15) is 9.90 Å². The van der Waals surface area contributed by atoms with Crippen LogP contribution in [0.5, 0.6) is 0 Å². The molecule has 0 aromatic carbocycles. The Morgan fingerprint density at radius 1 is 1.54 bits per heavy atom. The van der Waals surface area contributed by atoms with Crippen LogP contribution >= 0.6 is 0 Å². The van der Waals surface area contributed by atoms with Crippen molar-refractivity contribution in [3.63, 3.8) is 0 Å². The van der Waals surface area contributed by atoms with E-state index >= 15 is 0 Å². The third kappa shape index (κ3) is 18.2. The number of aliphatic hydroxyl groups excluding tert-OH is 1. The second kappa shape index (κ2) is 7.76. The molecule has 0 aromatic heterocycles. The van der Waals surface area contributed by atoms with Crippen LogP contribution in [-0.4, -0.2) is 38.3 Å². The van der Waals surface area contributed by atoms with Crippen LogP contribution in [0, 0.1) is 0 Å². The van der Waals surface area contributed by atoms with Crippen molar-refractivity contribution in [1.29, 1.82) is 0 Å². The highest BCUT2D eigenvalue weighted by atomic mass is 16.4. The Labute approximate surface area is 79.5 Å². The molecule has 0 aliphatic rings. The second-order valence-electron chi connectivity index (χ2n) is 3.44. The van der Waals surface area contributed by atoms with Gasteiger partial charge >= 0.3 is 0 Å². The predicted molar refractivity (Wildman–Crippen MR) is 49.2 cm³/mol. The summed E-state index contributed by atoms with van der Waals surface area (Å²) in [6.45, 7) is 4.67. The van der Waals surface area contributed by atoms with Gasteiger partial charge in [-0.3, -0.25) is 0 Å². The van der Waals surface area contributed by atoms with Crippen LogP contribution in [-0.2, 0) is 4.79 Å². The van der Waals surface area contributed by atoms with Crippen LogP contribution in [0.1, 0.15) is 13.3 Å². The highest BCUT2D eigenvalue weighted by Gasteiger charge is 1.98. The fourth-order valence-corrected chi connectivity index (χ4v) is 0.440. The molecule has 0 heterocycles. The Bertz CT molecular complexity index is 161. The van der Waals surface area contributed by atoms with Gasteiger partial charge in [0.2, 0.25) is 0 Å². The van der Waals surface area contributed by atoms with Crippen molar-refractivity contribution in [2.24, 2.45) is 0 Å². The van der Waals surface area contributed by atoms with Crippen molar-refractivity contribution in [1.82, 2.24) is 0 Å². The Hall–Kier alpha value is -0.870. The SMILES string of the molecule is C=C(CC(C)O)C(=O)[O-].C[NH+](C)C. The lowest BCUT2D eigenvalue weighted by molar-refractivity contribution is -0.836. The van der Waals surface area contributed by atoms with E-state index < -0.39 is 12.1 Å². The maximum atomic E-state index is 9.91. The fraction of sp³-hybridized carbons (Fsp3) is 0.667. The van der Waals surface area contributed by atoms with Crippen LogP contribution in [0.15, 0.2) is 12.2 Å². The van der Waals surface area contributed by atoms with Crippen molar-refractivity contribution in [3.8, 4) is 0 Å². The molecular formula is C9H19NO3. The van der Waals surface area contributed by atoms with Gasteiger partial charge in [0, 0.05) is 0 Å². The van der Waals surface area contributed by atoms with Gasteiger partial charge in [0.15, 0.2) is 0 Å². The summed E-state index contributed by atoms with van der Waals surface area (Å²) >= 11 is 0. The third-order valence-electron chi connectivity index (χ3n) is 0.830. The number of hydrogen-bond acceptors (Lipinski definition) is 3. The minimum Gasteiger partial charge on any atom is -0.545 e. The number of aliphatic hydroxyl groups is 1. The minimum absolute atomic E-state index is 0.0648. The van der Waals surface area contributed by atoms with Gasteiger partial charge in [-0.2, -0.15) is 0 Å². The van der Waals surface area contributed by atoms with Crippen molar-refractivity contribution in [2.75, 3.05) is 21.1 Å². The molecule has 4 nitrogen and oxygen atoms in total. The Balaban J connectivity index is 0. The first-order valence-electron chi connectivity index (χ1n) is 4.11. The second-order valence-corrected chi connectivity index (χ2v) is 3.44. The lowest BCUT2D eigenvalue weighted by atomic mass is 10.1. The van der Waals surface area contributed by atoms with Gasteiger partial charge in [0.25, 0.3) is 0 Å². The molecule has 0 aliphatic carbocycles. The van der Waals surface area contributed by atoms with E-state index in [0.717, 1.165) is 0 Å². The Morgan fingerprint density at radius 3 is 1.92 bits per heavy atom. The van der Waals surface area contributed by atoms with Crippen molar-refractivity contribution in [2.45, 2.75) is 19.4 Å². The molecule has 0 rings (SSSR count). The first-order chi connectivity index (χ1) is 5.77. The van der Waals surface area contributed by atoms with E-state index in [1.807, 2.05) is 0 Å². The number of aliphatic carboxylic acids is 1. The van der Waals surface area contributed by atoms with Gasteiger partial charge in [-0.1, -0.05) is 6.58 Å². The molecule has 0 aromatic rings.